The van der Waals surface area contributed by atoms with Crippen molar-refractivity contribution in [2.75, 3.05) is 11.5 Å². The molecule has 2 heterocycles. The smallest absolute Gasteiger partial charge is 0.290 e. The highest BCUT2D eigenvalue weighted by Crippen LogP contribution is 2.36. The van der Waals surface area contributed by atoms with Crippen molar-refractivity contribution in [2.45, 2.75) is 30.5 Å². The first-order valence-corrected chi connectivity index (χ1v) is 12.2. The summed E-state index contributed by atoms with van der Waals surface area (Å²) in [6.07, 6.45) is 1.57. The number of rotatable bonds is 5. The van der Waals surface area contributed by atoms with E-state index in [0.717, 1.165) is 11.8 Å². The second-order valence-corrected chi connectivity index (χ2v) is 11.1. The average molecular weight is 473 g/mol. The summed E-state index contributed by atoms with van der Waals surface area (Å²) in [7, 11) is -3.45. The summed E-state index contributed by atoms with van der Waals surface area (Å²) in [5.41, 5.74) is 1.78. The quantitative estimate of drug-likeness (QED) is 0.666. The van der Waals surface area contributed by atoms with E-state index in [1.54, 1.807) is 62.4 Å². The Bertz CT molecular complexity index is 1270. The molecular weight excluding hydrogens is 452 g/mol. The molecule has 1 fully saturated rings. The lowest BCUT2D eigenvalue weighted by Crippen LogP contribution is -2.38. The molecule has 0 radical (unpaired) electrons. The van der Waals surface area contributed by atoms with Gasteiger partial charge in [0.2, 0.25) is 0 Å². The Labute approximate surface area is 189 Å². The van der Waals surface area contributed by atoms with Crippen molar-refractivity contribution in [3.05, 3.63) is 58.5 Å². The summed E-state index contributed by atoms with van der Waals surface area (Å²) < 4.78 is 30.6. The Morgan fingerprint density at radius 3 is 2.62 bits per heavy atom. The highest BCUT2D eigenvalue weighted by molar-refractivity contribution is 8.18. The van der Waals surface area contributed by atoms with E-state index in [9.17, 15) is 22.8 Å². The van der Waals surface area contributed by atoms with Crippen LogP contribution in [-0.2, 0) is 26.0 Å². The summed E-state index contributed by atoms with van der Waals surface area (Å²) in [5.74, 6) is -0.245. The predicted molar refractivity (Wildman–Crippen MR) is 121 cm³/mol. The molecule has 2 aromatic rings. The summed E-state index contributed by atoms with van der Waals surface area (Å²) >= 11 is 0.809. The Morgan fingerprint density at radius 2 is 1.94 bits per heavy atom. The molecule has 2 aliphatic rings. The number of imide groups is 1. The molecule has 0 unspecified atom stereocenters. The fraction of sp³-hybridized carbons (Fsp3) is 0.227. The molecule has 32 heavy (non-hydrogen) atoms. The zero-order valence-corrected chi connectivity index (χ0v) is 19.0. The molecule has 2 aliphatic heterocycles. The minimum atomic E-state index is -3.45. The molecule has 10 heteroatoms. The molecule has 2 aromatic carbocycles. The molecule has 0 saturated carbocycles. The van der Waals surface area contributed by atoms with Crippen LogP contribution in [0.2, 0.25) is 0 Å². The van der Waals surface area contributed by atoms with Crippen molar-refractivity contribution in [3.8, 4) is 5.75 Å². The molecule has 0 bridgehead atoms. The van der Waals surface area contributed by atoms with Crippen LogP contribution in [0.1, 0.15) is 25.0 Å². The second-order valence-electron chi connectivity index (χ2n) is 7.59. The molecule has 8 nitrogen and oxygen atoms in total. The molecule has 1 saturated heterocycles. The van der Waals surface area contributed by atoms with Crippen molar-refractivity contribution in [1.29, 1.82) is 0 Å². The number of thioether (sulfide) groups is 1. The van der Waals surface area contributed by atoms with Gasteiger partial charge in [-0.05, 0) is 67.1 Å². The van der Waals surface area contributed by atoms with E-state index in [0.29, 0.717) is 22.6 Å². The summed E-state index contributed by atoms with van der Waals surface area (Å²) in [6, 6.07) is 11.7. The molecular formula is C22H20N2O6S2. The van der Waals surface area contributed by atoms with Crippen LogP contribution in [0.5, 0.6) is 5.75 Å². The lowest BCUT2D eigenvalue weighted by atomic mass is 10.1. The van der Waals surface area contributed by atoms with Gasteiger partial charge < -0.3 is 9.64 Å². The van der Waals surface area contributed by atoms with Crippen LogP contribution in [-0.4, -0.2) is 37.3 Å². The number of fused-ring (bicyclic) bond motifs is 1. The zero-order valence-electron chi connectivity index (χ0n) is 17.3. The third kappa shape index (κ3) is 4.28. The van der Waals surface area contributed by atoms with E-state index in [1.165, 1.54) is 4.90 Å². The Morgan fingerprint density at radius 1 is 1.16 bits per heavy atom. The number of sulfone groups is 1. The zero-order chi connectivity index (χ0) is 23.0. The van der Waals surface area contributed by atoms with E-state index in [4.69, 9.17) is 4.74 Å². The Balaban J connectivity index is 1.67. The van der Waals surface area contributed by atoms with Crippen LogP contribution < -0.4 is 15.0 Å². The minimum Gasteiger partial charge on any atom is -0.482 e. The lowest BCUT2D eigenvalue weighted by molar-refractivity contribution is -0.121. The maximum atomic E-state index is 12.7. The number of anilines is 1. The number of benzene rings is 2. The van der Waals surface area contributed by atoms with Gasteiger partial charge in [-0.3, -0.25) is 19.7 Å². The molecule has 0 atom stereocenters. The van der Waals surface area contributed by atoms with Crippen LogP contribution in [0.15, 0.2) is 52.3 Å². The standard InChI is InChI=1S/C22H20N2O6S2/c1-13(2)32(28,29)16-5-3-4-15(8-16)11-24-17-9-14(6-7-18(17)30-12-20(24)25)10-19-21(26)23-22(27)31-19/h3-10,13H,11-12H2,1-2H3,(H,23,26,27)/b19-10-. The van der Waals surface area contributed by atoms with Crippen molar-refractivity contribution in [1.82, 2.24) is 5.32 Å². The van der Waals surface area contributed by atoms with Gasteiger partial charge in [0.15, 0.2) is 16.4 Å². The van der Waals surface area contributed by atoms with Gasteiger partial charge in [0.1, 0.15) is 5.75 Å². The van der Waals surface area contributed by atoms with Gasteiger partial charge >= 0.3 is 0 Å². The van der Waals surface area contributed by atoms with Gasteiger partial charge in [-0.2, -0.15) is 0 Å². The fourth-order valence-corrected chi connectivity index (χ4v) is 5.14. The number of hydrogen-bond acceptors (Lipinski definition) is 7. The number of carbonyl (C=O) groups is 3. The monoisotopic (exact) mass is 472 g/mol. The van der Waals surface area contributed by atoms with Crippen LogP contribution in [0.3, 0.4) is 0 Å². The Hall–Kier alpha value is -3.11. The number of ether oxygens (including phenoxy) is 1. The van der Waals surface area contributed by atoms with Gasteiger partial charge in [0, 0.05) is 0 Å². The second kappa shape index (κ2) is 8.44. The van der Waals surface area contributed by atoms with Crippen LogP contribution in [0.25, 0.3) is 6.08 Å². The fourth-order valence-electron chi connectivity index (χ4n) is 3.33. The van der Waals surface area contributed by atoms with E-state index in [2.05, 4.69) is 5.32 Å². The molecule has 0 spiro atoms. The molecule has 1 N–H and O–H groups in total. The van der Waals surface area contributed by atoms with E-state index in [-0.39, 0.29) is 28.9 Å². The van der Waals surface area contributed by atoms with Crippen molar-refractivity contribution >= 4 is 50.4 Å². The van der Waals surface area contributed by atoms with Crippen molar-refractivity contribution in [3.63, 3.8) is 0 Å². The maximum Gasteiger partial charge on any atom is 0.290 e. The number of nitrogens with one attached hydrogen (secondary N) is 1. The number of hydrogen-bond donors (Lipinski definition) is 1. The van der Waals surface area contributed by atoms with Crippen LogP contribution in [0, 0.1) is 0 Å². The predicted octanol–water partition coefficient (Wildman–Crippen LogP) is 3.12. The number of carbonyl (C=O) groups excluding carboxylic acids is 3. The van der Waals surface area contributed by atoms with E-state index in [1.807, 2.05) is 0 Å². The first-order valence-electron chi connectivity index (χ1n) is 9.80. The highest BCUT2D eigenvalue weighted by atomic mass is 32.2. The molecule has 0 aromatic heterocycles. The average Bonchev–Trinajstić information content (AvgIpc) is 3.07. The normalized spacial score (nSPS) is 17.5. The molecule has 0 aliphatic carbocycles. The molecule has 4 rings (SSSR count). The van der Waals surface area contributed by atoms with Crippen molar-refractivity contribution in [2.24, 2.45) is 0 Å². The number of amides is 3. The maximum absolute atomic E-state index is 12.7. The SMILES string of the molecule is CC(C)S(=O)(=O)c1cccc(CN2C(=O)COc3ccc(/C=C4\SC(=O)NC4=O)cc32)c1. The molecule has 3 amide bonds. The van der Waals surface area contributed by atoms with Gasteiger partial charge in [0.05, 0.1) is 27.3 Å². The van der Waals surface area contributed by atoms with E-state index < -0.39 is 26.2 Å². The topological polar surface area (TPSA) is 110 Å². The molecule has 166 valence electrons. The van der Waals surface area contributed by atoms with Crippen LogP contribution >= 0.6 is 11.8 Å². The first-order chi connectivity index (χ1) is 15.1. The third-order valence-electron chi connectivity index (χ3n) is 5.05. The highest BCUT2D eigenvalue weighted by Gasteiger charge is 2.28. The summed E-state index contributed by atoms with van der Waals surface area (Å²) in [5, 5.41) is 1.21. The lowest BCUT2D eigenvalue weighted by Gasteiger charge is -2.30. The van der Waals surface area contributed by atoms with Crippen LogP contribution in [0.4, 0.5) is 10.5 Å². The van der Waals surface area contributed by atoms with Gasteiger partial charge in [-0.15, -0.1) is 0 Å². The van der Waals surface area contributed by atoms with Gasteiger partial charge in [0.25, 0.3) is 17.1 Å². The van der Waals surface area contributed by atoms with Crippen molar-refractivity contribution < 1.29 is 27.5 Å². The summed E-state index contributed by atoms with van der Waals surface area (Å²) in [4.78, 5) is 37.9. The van der Waals surface area contributed by atoms with Gasteiger partial charge in [-0.25, -0.2) is 8.42 Å². The number of nitrogens with zero attached hydrogens (tertiary/aromatic N) is 1. The summed E-state index contributed by atoms with van der Waals surface area (Å²) in [6.45, 7) is 3.26. The van der Waals surface area contributed by atoms with E-state index >= 15 is 0 Å². The first kappa shape index (κ1) is 22.1. The third-order valence-corrected chi connectivity index (χ3v) is 8.02. The van der Waals surface area contributed by atoms with Gasteiger partial charge in [-0.1, -0.05) is 18.2 Å². The Kier molecular flexibility index (Phi) is 5.83. The largest absolute Gasteiger partial charge is 0.482 e. The minimum absolute atomic E-state index is 0.135.